The molecule has 18 heavy (non-hydrogen) atoms. The number of aromatic nitrogens is 2. The molecular formula is C9H17N3O4S2. The minimum atomic E-state index is -3.82. The van der Waals surface area contributed by atoms with Crippen molar-refractivity contribution in [3.8, 4) is 0 Å². The van der Waals surface area contributed by atoms with Crippen LogP contribution in [0.15, 0.2) is 11.2 Å². The summed E-state index contributed by atoms with van der Waals surface area (Å²) in [5.41, 5.74) is 0. The van der Waals surface area contributed by atoms with E-state index in [9.17, 15) is 16.8 Å². The molecule has 0 aliphatic carbocycles. The summed E-state index contributed by atoms with van der Waals surface area (Å²) < 4.78 is 45.9. The van der Waals surface area contributed by atoms with Gasteiger partial charge in [-0.1, -0.05) is 6.92 Å². The van der Waals surface area contributed by atoms with Crippen LogP contribution in [0.3, 0.4) is 0 Å². The van der Waals surface area contributed by atoms with Crippen LogP contribution in [0.2, 0.25) is 0 Å². The molecule has 0 bridgehead atoms. The smallest absolute Gasteiger partial charge is 0.257 e. The third-order valence-corrected chi connectivity index (χ3v) is 4.17. The Labute approximate surface area is 107 Å². The Morgan fingerprint density at radius 3 is 2.39 bits per heavy atom. The predicted molar refractivity (Wildman–Crippen MR) is 67.3 cm³/mol. The molecule has 1 rings (SSSR count). The van der Waals surface area contributed by atoms with E-state index in [0.29, 0.717) is 25.2 Å². The quantitative estimate of drug-likeness (QED) is 0.762. The molecule has 0 fully saturated rings. The van der Waals surface area contributed by atoms with Crippen LogP contribution in [0.4, 0.5) is 0 Å². The van der Waals surface area contributed by atoms with Crippen LogP contribution in [-0.4, -0.2) is 38.4 Å². The van der Waals surface area contributed by atoms with Gasteiger partial charge in [0, 0.05) is 25.4 Å². The van der Waals surface area contributed by atoms with Gasteiger partial charge in [-0.15, -0.1) is 0 Å². The second-order valence-corrected chi connectivity index (χ2v) is 7.84. The van der Waals surface area contributed by atoms with Crippen molar-refractivity contribution in [2.75, 3.05) is 12.0 Å². The van der Waals surface area contributed by atoms with Crippen LogP contribution < -0.4 is 5.14 Å². The maximum absolute atomic E-state index is 11.2. The molecule has 0 amide bonds. The fraction of sp³-hybridized carbons (Fsp3) is 0.667. The molecule has 0 aromatic carbocycles. The summed E-state index contributed by atoms with van der Waals surface area (Å²) in [4.78, 5) is 3.92. The molecule has 7 nitrogen and oxygen atoms in total. The molecule has 0 radical (unpaired) electrons. The largest absolute Gasteiger partial charge is 0.333 e. The summed E-state index contributed by atoms with van der Waals surface area (Å²) in [7, 11) is -6.83. The van der Waals surface area contributed by atoms with E-state index in [2.05, 4.69) is 4.98 Å². The van der Waals surface area contributed by atoms with Crippen molar-refractivity contribution in [3.63, 3.8) is 0 Å². The zero-order valence-electron chi connectivity index (χ0n) is 10.3. The second-order valence-electron chi connectivity index (χ2n) is 4.07. The SMILES string of the molecule is CCc1nc(S(N)(=O)=O)cn1CCCS(C)(=O)=O. The van der Waals surface area contributed by atoms with E-state index in [1.807, 2.05) is 6.92 Å². The van der Waals surface area contributed by atoms with Gasteiger partial charge >= 0.3 is 0 Å². The molecule has 104 valence electrons. The minimum Gasteiger partial charge on any atom is -0.333 e. The first-order valence-electron chi connectivity index (χ1n) is 5.40. The first-order chi connectivity index (χ1) is 8.13. The van der Waals surface area contributed by atoms with E-state index in [0.717, 1.165) is 6.26 Å². The fourth-order valence-corrected chi connectivity index (χ4v) is 2.70. The van der Waals surface area contributed by atoms with Gasteiger partial charge in [-0.2, -0.15) is 0 Å². The summed E-state index contributed by atoms with van der Waals surface area (Å²) in [6, 6.07) is 0. The van der Waals surface area contributed by atoms with Gasteiger partial charge in [0.1, 0.15) is 15.7 Å². The second kappa shape index (κ2) is 5.37. The third-order valence-electron chi connectivity index (χ3n) is 2.36. The van der Waals surface area contributed by atoms with E-state index in [1.54, 1.807) is 4.57 Å². The monoisotopic (exact) mass is 295 g/mol. The van der Waals surface area contributed by atoms with E-state index in [4.69, 9.17) is 5.14 Å². The molecular weight excluding hydrogens is 278 g/mol. The molecule has 0 spiro atoms. The number of aryl methyl sites for hydroxylation is 2. The van der Waals surface area contributed by atoms with Crippen molar-refractivity contribution in [2.24, 2.45) is 5.14 Å². The normalized spacial score (nSPS) is 12.8. The molecule has 2 N–H and O–H groups in total. The highest BCUT2D eigenvalue weighted by Gasteiger charge is 2.15. The minimum absolute atomic E-state index is 0.0546. The maximum Gasteiger partial charge on any atom is 0.257 e. The molecule has 0 aliphatic heterocycles. The van der Waals surface area contributed by atoms with Crippen molar-refractivity contribution in [3.05, 3.63) is 12.0 Å². The van der Waals surface area contributed by atoms with Gasteiger partial charge < -0.3 is 4.57 Å². The predicted octanol–water partition coefficient (Wildman–Crippen LogP) is -0.472. The maximum atomic E-state index is 11.2. The van der Waals surface area contributed by atoms with Gasteiger partial charge in [-0.05, 0) is 6.42 Å². The summed E-state index contributed by atoms with van der Waals surface area (Å²) in [5.74, 6) is 0.631. The van der Waals surface area contributed by atoms with Crippen LogP contribution in [0.1, 0.15) is 19.2 Å². The van der Waals surface area contributed by atoms with Crippen LogP contribution in [0.25, 0.3) is 0 Å². The van der Waals surface area contributed by atoms with Crippen molar-refractivity contribution in [2.45, 2.75) is 31.3 Å². The van der Waals surface area contributed by atoms with E-state index in [-0.39, 0.29) is 10.8 Å². The lowest BCUT2D eigenvalue weighted by Crippen LogP contribution is -2.12. The number of primary sulfonamides is 1. The summed E-state index contributed by atoms with van der Waals surface area (Å²) in [6.07, 6.45) is 3.47. The van der Waals surface area contributed by atoms with Gasteiger partial charge in [-0.3, -0.25) is 0 Å². The fourth-order valence-electron chi connectivity index (χ4n) is 1.54. The van der Waals surface area contributed by atoms with Crippen molar-refractivity contribution >= 4 is 19.9 Å². The Kier molecular flexibility index (Phi) is 4.51. The average Bonchev–Trinajstić information content (AvgIpc) is 2.58. The Morgan fingerprint density at radius 2 is 1.94 bits per heavy atom. The highest BCUT2D eigenvalue weighted by Crippen LogP contribution is 2.09. The number of sulfone groups is 1. The zero-order chi connectivity index (χ0) is 14.0. The average molecular weight is 295 g/mol. The molecule has 1 aromatic rings. The Morgan fingerprint density at radius 1 is 1.33 bits per heavy atom. The highest BCUT2D eigenvalue weighted by molar-refractivity contribution is 7.90. The van der Waals surface area contributed by atoms with Crippen LogP contribution >= 0.6 is 0 Å². The van der Waals surface area contributed by atoms with Crippen molar-refractivity contribution in [1.29, 1.82) is 0 Å². The number of hydrogen-bond acceptors (Lipinski definition) is 5. The molecule has 0 saturated carbocycles. The first kappa shape index (κ1) is 15.1. The number of imidazole rings is 1. The van der Waals surface area contributed by atoms with Gasteiger partial charge in [0.05, 0.1) is 5.75 Å². The van der Waals surface area contributed by atoms with E-state index >= 15 is 0 Å². The van der Waals surface area contributed by atoms with E-state index in [1.165, 1.54) is 6.20 Å². The van der Waals surface area contributed by atoms with Gasteiger partial charge in [0.2, 0.25) is 0 Å². The van der Waals surface area contributed by atoms with E-state index < -0.39 is 19.9 Å². The number of nitrogens with zero attached hydrogens (tertiary/aromatic N) is 2. The van der Waals surface area contributed by atoms with Crippen LogP contribution in [0.5, 0.6) is 0 Å². The molecule has 0 atom stereocenters. The van der Waals surface area contributed by atoms with Gasteiger partial charge in [-0.25, -0.2) is 27.0 Å². The first-order valence-corrected chi connectivity index (χ1v) is 9.00. The summed E-state index contributed by atoms with van der Waals surface area (Å²) in [5, 5.41) is 4.81. The van der Waals surface area contributed by atoms with Gasteiger partial charge in [0.25, 0.3) is 10.0 Å². The molecule has 1 heterocycles. The third kappa shape index (κ3) is 4.39. The number of sulfonamides is 1. The molecule has 9 heteroatoms. The Bertz CT molecular complexity index is 616. The lowest BCUT2D eigenvalue weighted by molar-refractivity contribution is 0.586. The van der Waals surface area contributed by atoms with Gasteiger partial charge in [0.15, 0.2) is 5.03 Å². The van der Waals surface area contributed by atoms with Crippen molar-refractivity contribution < 1.29 is 16.8 Å². The zero-order valence-corrected chi connectivity index (χ0v) is 12.0. The molecule has 0 unspecified atom stereocenters. The summed E-state index contributed by atoms with van der Waals surface area (Å²) >= 11 is 0. The number of hydrogen-bond donors (Lipinski definition) is 1. The number of rotatable bonds is 6. The lowest BCUT2D eigenvalue weighted by Gasteiger charge is -2.04. The van der Waals surface area contributed by atoms with Crippen molar-refractivity contribution in [1.82, 2.24) is 9.55 Å². The standard InChI is InChI=1S/C9H17N3O4S2/c1-3-8-11-9(18(10,15)16)7-12(8)5-4-6-17(2,13)14/h7H,3-6H2,1-2H3,(H2,10,15,16). The molecule has 1 aromatic heterocycles. The Hall–Kier alpha value is -0.930. The summed E-state index contributed by atoms with van der Waals surface area (Å²) in [6.45, 7) is 2.24. The topological polar surface area (TPSA) is 112 Å². The number of nitrogens with two attached hydrogens (primary N) is 1. The molecule has 0 saturated heterocycles. The van der Waals surface area contributed by atoms with Crippen LogP contribution in [-0.2, 0) is 32.8 Å². The highest BCUT2D eigenvalue weighted by atomic mass is 32.2. The lowest BCUT2D eigenvalue weighted by atomic mass is 10.4. The molecule has 0 aliphatic rings. The van der Waals surface area contributed by atoms with Crippen LogP contribution in [0, 0.1) is 0 Å². The Balaban J connectivity index is 2.86.